The molecule has 1 aliphatic rings. The van der Waals surface area contributed by atoms with Crippen molar-refractivity contribution < 1.29 is 4.74 Å². The van der Waals surface area contributed by atoms with E-state index in [-0.39, 0.29) is 0 Å². The van der Waals surface area contributed by atoms with E-state index in [1.807, 2.05) is 31.3 Å². The van der Waals surface area contributed by atoms with Gasteiger partial charge in [0.1, 0.15) is 12.4 Å². The number of hydrogen-bond acceptors (Lipinski definition) is 3. The van der Waals surface area contributed by atoms with Crippen molar-refractivity contribution >= 4 is 11.6 Å². The minimum absolute atomic E-state index is 0.690. The van der Waals surface area contributed by atoms with Crippen LogP contribution in [-0.2, 0) is 0 Å². The Morgan fingerprint density at radius 2 is 2.17 bits per heavy atom. The minimum atomic E-state index is 0.690. The molecule has 4 heteroatoms. The van der Waals surface area contributed by atoms with Gasteiger partial charge in [0, 0.05) is 17.6 Å². The number of piperidine rings is 1. The maximum absolute atomic E-state index is 5.91. The molecule has 18 heavy (non-hydrogen) atoms. The molecule has 0 spiro atoms. The zero-order valence-electron chi connectivity index (χ0n) is 10.9. The third-order valence-corrected chi connectivity index (χ3v) is 3.70. The van der Waals surface area contributed by atoms with E-state index < -0.39 is 0 Å². The van der Waals surface area contributed by atoms with Gasteiger partial charge in [-0.25, -0.2) is 0 Å². The lowest BCUT2D eigenvalue weighted by Crippen LogP contribution is -2.42. The number of ether oxygens (including phenoxy) is 1. The molecule has 100 valence electrons. The van der Waals surface area contributed by atoms with E-state index in [0.717, 1.165) is 37.0 Å². The molecule has 0 saturated carbocycles. The number of nitrogens with one attached hydrogen (secondary N) is 1. The molecule has 2 rings (SSSR count). The number of likely N-dealkylation sites (tertiary alicyclic amines) is 1. The van der Waals surface area contributed by atoms with E-state index in [0.29, 0.717) is 6.04 Å². The van der Waals surface area contributed by atoms with E-state index in [9.17, 15) is 0 Å². The minimum Gasteiger partial charge on any atom is -0.492 e. The highest BCUT2D eigenvalue weighted by atomic mass is 35.5. The molecule has 0 bridgehead atoms. The quantitative estimate of drug-likeness (QED) is 0.888. The highest BCUT2D eigenvalue weighted by Gasteiger charge is 2.17. The molecule has 1 aliphatic heterocycles. The van der Waals surface area contributed by atoms with E-state index >= 15 is 0 Å². The van der Waals surface area contributed by atoms with Crippen LogP contribution in [-0.4, -0.2) is 44.2 Å². The van der Waals surface area contributed by atoms with Gasteiger partial charge in [-0.1, -0.05) is 17.7 Å². The topological polar surface area (TPSA) is 24.5 Å². The average Bonchev–Trinajstić information content (AvgIpc) is 2.40. The van der Waals surface area contributed by atoms with Crippen molar-refractivity contribution in [3.05, 3.63) is 29.3 Å². The zero-order valence-corrected chi connectivity index (χ0v) is 11.6. The van der Waals surface area contributed by atoms with Gasteiger partial charge < -0.3 is 10.1 Å². The highest BCUT2D eigenvalue weighted by Crippen LogP contribution is 2.17. The van der Waals surface area contributed by atoms with Gasteiger partial charge in [0.05, 0.1) is 0 Å². The second-order valence-electron chi connectivity index (χ2n) is 4.71. The van der Waals surface area contributed by atoms with Crippen molar-refractivity contribution in [2.45, 2.75) is 18.9 Å². The lowest BCUT2D eigenvalue weighted by Gasteiger charge is -2.31. The zero-order chi connectivity index (χ0) is 12.8. The number of halogens is 1. The Bertz CT molecular complexity index is 365. The average molecular weight is 269 g/mol. The van der Waals surface area contributed by atoms with Crippen LogP contribution in [0.2, 0.25) is 5.02 Å². The predicted octanol–water partition coefficient (Wildman–Crippen LogP) is 2.40. The van der Waals surface area contributed by atoms with Crippen LogP contribution in [0.15, 0.2) is 24.3 Å². The Morgan fingerprint density at radius 3 is 2.83 bits per heavy atom. The van der Waals surface area contributed by atoms with Crippen LogP contribution in [0.5, 0.6) is 5.75 Å². The van der Waals surface area contributed by atoms with Gasteiger partial charge in [-0.05, 0) is 51.2 Å². The van der Waals surface area contributed by atoms with Gasteiger partial charge in [-0.2, -0.15) is 0 Å². The summed E-state index contributed by atoms with van der Waals surface area (Å²) in [5.41, 5.74) is 0. The molecule has 0 radical (unpaired) electrons. The maximum atomic E-state index is 5.91. The number of benzene rings is 1. The Hall–Kier alpha value is -0.770. The molecule has 0 unspecified atom stereocenters. The molecule has 1 fully saturated rings. The first-order chi connectivity index (χ1) is 8.78. The van der Waals surface area contributed by atoms with E-state index in [1.165, 1.54) is 12.8 Å². The second-order valence-corrected chi connectivity index (χ2v) is 5.15. The van der Waals surface area contributed by atoms with Gasteiger partial charge in [-0.3, -0.25) is 4.90 Å². The molecule has 1 aromatic rings. The molecule has 3 nitrogen and oxygen atoms in total. The predicted molar refractivity (Wildman–Crippen MR) is 75.5 cm³/mol. The summed E-state index contributed by atoms with van der Waals surface area (Å²) in [5, 5.41) is 4.06. The summed E-state index contributed by atoms with van der Waals surface area (Å²) in [4.78, 5) is 2.46. The lowest BCUT2D eigenvalue weighted by molar-refractivity contribution is 0.167. The van der Waals surface area contributed by atoms with Crippen molar-refractivity contribution in [2.24, 2.45) is 0 Å². The molecule has 0 aromatic heterocycles. The molecular weight excluding hydrogens is 248 g/mol. The summed E-state index contributed by atoms with van der Waals surface area (Å²) in [5.74, 6) is 0.854. The maximum Gasteiger partial charge on any atom is 0.120 e. The standard InChI is InChI=1S/C14H21ClN2O/c1-16-13-5-7-17(8-6-13)9-10-18-14-4-2-3-12(15)11-14/h2-4,11,13,16H,5-10H2,1H3. The van der Waals surface area contributed by atoms with Crippen molar-refractivity contribution in [2.75, 3.05) is 33.3 Å². The normalized spacial score (nSPS) is 17.9. The Balaban J connectivity index is 1.67. The van der Waals surface area contributed by atoms with Crippen LogP contribution >= 0.6 is 11.6 Å². The fourth-order valence-corrected chi connectivity index (χ4v) is 2.47. The van der Waals surface area contributed by atoms with Crippen LogP contribution in [0.25, 0.3) is 0 Å². The van der Waals surface area contributed by atoms with Crippen LogP contribution in [0, 0.1) is 0 Å². The Morgan fingerprint density at radius 1 is 1.39 bits per heavy atom. The molecule has 1 N–H and O–H groups in total. The molecule has 1 aromatic carbocycles. The first kappa shape index (κ1) is 13.7. The smallest absolute Gasteiger partial charge is 0.120 e. The summed E-state index contributed by atoms with van der Waals surface area (Å²) in [7, 11) is 2.04. The molecule has 0 atom stereocenters. The van der Waals surface area contributed by atoms with E-state index in [4.69, 9.17) is 16.3 Å². The molecular formula is C14H21ClN2O. The van der Waals surface area contributed by atoms with Crippen LogP contribution < -0.4 is 10.1 Å². The number of rotatable bonds is 5. The van der Waals surface area contributed by atoms with E-state index in [2.05, 4.69) is 10.2 Å². The van der Waals surface area contributed by atoms with Crippen molar-refractivity contribution in [1.29, 1.82) is 0 Å². The summed E-state index contributed by atoms with van der Waals surface area (Å²) >= 11 is 5.91. The van der Waals surface area contributed by atoms with Gasteiger partial charge >= 0.3 is 0 Å². The fraction of sp³-hybridized carbons (Fsp3) is 0.571. The summed E-state index contributed by atoms with van der Waals surface area (Å²) in [6, 6.07) is 8.26. The first-order valence-corrected chi connectivity index (χ1v) is 6.93. The Kier molecular flexibility index (Phi) is 5.29. The number of nitrogens with zero attached hydrogens (tertiary/aromatic N) is 1. The van der Waals surface area contributed by atoms with Crippen LogP contribution in [0.4, 0.5) is 0 Å². The summed E-state index contributed by atoms with van der Waals surface area (Å²) < 4.78 is 5.70. The second kappa shape index (κ2) is 6.98. The van der Waals surface area contributed by atoms with Crippen molar-refractivity contribution in [3.8, 4) is 5.75 Å². The van der Waals surface area contributed by atoms with Crippen molar-refractivity contribution in [1.82, 2.24) is 10.2 Å². The molecule has 0 amide bonds. The molecule has 1 saturated heterocycles. The molecule has 0 aliphatic carbocycles. The largest absolute Gasteiger partial charge is 0.492 e. The van der Waals surface area contributed by atoms with Crippen LogP contribution in [0.1, 0.15) is 12.8 Å². The van der Waals surface area contributed by atoms with Gasteiger partial charge in [-0.15, -0.1) is 0 Å². The summed E-state index contributed by atoms with van der Waals surface area (Å²) in [6.45, 7) is 4.03. The first-order valence-electron chi connectivity index (χ1n) is 6.56. The number of hydrogen-bond donors (Lipinski definition) is 1. The monoisotopic (exact) mass is 268 g/mol. The van der Waals surface area contributed by atoms with Crippen molar-refractivity contribution in [3.63, 3.8) is 0 Å². The third-order valence-electron chi connectivity index (χ3n) is 3.47. The highest BCUT2D eigenvalue weighted by molar-refractivity contribution is 6.30. The van der Waals surface area contributed by atoms with Gasteiger partial charge in [0.2, 0.25) is 0 Å². The van der Waals surface area contributed by atoms with Gasteiger partial charge in [0.25, 0.3) is 0 Å². The molecule has 1 heterocycles. The SMILES string of the molecule is CNC1CCN(CCOc2cccc(Cl)c2)CC1. The van der Waals surface area contributed by atoms with E-state index in [1.54, 1.807) is 0 Å². The summed E-state index contributed by atoms with van der Waals surface area (Å²) in [6.07, 6.45) is 2.46. The van der Waals surface area contributed by atoms with Gasteiger partial charge in [0.15, 0.2) is 0 Å². The van der Waals surface area contributed by atoms with Crippen LogP contribution in [0.3, 0.4) is 0 Å². The lowest BCUT2D eigenvalue weighted by atomic mass is 10.1. The third kappa shape index (κ3) is 4.16. The Labute approximate surface area is 114 Å². The fourth-order valence-electron chi connectivity index (χ4n) is 2.29.